The fraction of sp³-hybridized carbons (Fsp3) is 0.444. The van der Waals surface area contributed by atoms with E-state index < -0.39 is 12.6 Å². The first-order valence-corrected chi connectivity index (χ1v) is 4.56. The molecule has 0 aliphatic rings. The number of rotatable bonds is 5. The minimum Gasteiger partial charge on any atom is -0.479 e. The van der Waals surface area contributed by atoms with Gasteiger partial charge in [-0.05, 0) is 0 Å². The van der Waals surface area contributed by atoms with Crippen LogP contribution in [0, 0.1) is 0 Å². The summed E-state index contributed by atoms with van der Waals surface area (Å²) < 4.78 is 6.27. The van der Waals surface area contributed by atoms with Crippen LogP contribution in [0.4, 0.5) is 0 Å². The van der Waals surface area contributed by atoms with E-state index >= 15 is 0 Å². The van der Waals surface area contributed by atoms with Gasteiger partial charge in [-0.15, -0.1) is 0 Å². The van der Waals surface area contributed by atoms with Crippen molar-refractivity contribution in [2.75, 3.05) is 20.7 Å². The molecule has 16 heavy (non-hydrogen) atoms. The van der Waals surface area contributed by atoms with Crippen molar-refractivity contribution in [2.45, 2.75) is 6.54 Å². The zero-order valence-corrected chi connectivity index (χ0v) is 9.08. The quantitative estimate of drug-likeness (QED) is 0.728. The van der Waals surface area contributed by atoms with Crippen molar-refractivity contribution in [3.63, 3.8) is 0 Å². The highest BCUT2D eigenvalue weighted by molar-refractivity contribution is 5.75. The Labute approximate surface area is 92.2 Å². The summed E-state index contributed by atoms with van der Waals surface area (Å²) in [6, 6.07) is 0. The number of hydrogen-bond acceptors (Lipinski definition) is 4. The molecular weight excluding hydrogens is 214 g/mol. The van der Waals surface area contributed by atoms with Gasteiger partial charge in [0.1, 0.15) is 6.54 Å². The van der Waals surface area contributed by atoms with Crippen LogP contribution in [0.5, 0.6) is 5.75 Å². The predicted octanol–water partition coefficient (Wildman–Crippen LogP) is -0.565. The highest BCUT2D eigenvalue weighted by Crippen LogP contribution is 2.07. The van der Waals surface area contributed by atoms with Crippen LogP contribution in [0.3, 0.4) is 0 Å². The molecule has 1 rings (SSSR count). The minimum atomic E-state index is -1.06. The molecule has 1 amide bonds. The molecule has 1 N–H and O–H groups in total. The summed E-state index contributed by atoms with van der Waals surface area (Å²) in [5, 5.41) is 12.3. The molecule has 0 atom stereocenters. The first-order valence-electron chi connectivity index (χ1n) is 4.56. The van der Waals surface area contributed by atoms with Crippen molar-refractivity contribution in [1.29, 1.82) is 0 Å². The molecule has 7 nitrogen and oxygen atoms in total. The smallest absolute Gasteiger partial charge is 0.341 e. The Hall–Kier alpha value is -2.05. The molecule has 0 aromatic carbocycles. The Bertz CT molecular complexity index is 386. The third kappa shape index (κ3) is 3.60. The predicted molar refractivity (Wildman–Crippen MR) is 54.1 cm³/mol. The van der Waals surface area contributed by atoms with Gasteiger partial charge >= 0.3 is 5.97 Å². The topological polar surface area (TPSA) is 84.7 Å². The van der Waals surface area contributed by atoms with Gasteiger partial charge in [0.2, 0.25) is 5.91 Å². The van der Waals surface area contributed by atoms with Crippen LogP contribution in [0.2, 0.25) is 0 Å². The SMILES string of the molecule is CN(C)C(=O)Cn1cc(OCC(=O)O)cn1. The Morgan fingerprint density at radius 2 is 2.25 bits per heavy atom. The van der Waals surface area contributed by atoms with E-state index in [2.05, 4.69) is 5.10 Å². The number of likely N-dealkylation sites (N-methyl/N-ethyl adjacent to an activating group) is 1. The highest BCUT2D eigenvalue weighted by atomic mass is 16.5. The molecule has 1 aromatic rings. The summed E-state index contributed by atoms with van der Waals surface area (Å²) in [6.07, 6.45) is 2.84. The maximum Gasteiger partial charge on any atom is 0.341 e. The molecule has 0 spiro atoms. The van der Waals surface area contributed by atoms with Crippen LogP contribution in [0.25, 0.3) is 0 Å². The summed E-state index contributed by atoms with van der Waals surface area (Å²) in [7, 11) is 3.29. The molecule has 0 aliphatic carbocycles. The van der Waals surface area contributed by atoms with Gasteiger partial charge in [-0.3, -0.25) is 9.48 Å². The average Bonchev–Trinajstić information content (AvgIpc) is 2.62. The lowest BCUT2D eigenvalue weighted by molar-refractivity contribution is -0.139. The number of carbonyl (C=O) groups excluding carboxylic acids is 1. The number of hydrogen-bond donors (Lipinski definition) is 1. The second-order valence-electron chi connectivity index (χ2n) is 3.34. The van der Waals surface area contributed by atoms with E-state index in [0.717, 1.165) is 0 Å². The van der Waals surface area contributed by atoms with Crippen molar-refractivity contribution in [1.82, 2.24) is 14.7 Å². The first kappa shape index (κ1) is 12.0. The zero-order chi connectivity index (χ0) is 12.1. The second kappa shape index (κ2) is 5.15. The van der Waals surface area contributed by atoms with Crippen LogP contribution in [-0.4, -0.2) is 52.4 Å². The number of carboxylic acid groups (broad SMARTS) is 1. The summed E-state index contributed by atoms with van der Waals surface area (Å²) in [4.78, 5) is 23.0. The first-order chi connectivity index (χ1) is 7.49. The van der Waals surface area contributed by atoms with Crippen molar-refractivity contribution >= 4 is 11.9 Å². The normalized spacial score (nSPS) is 9.88. The molecule has 0 radical (unpaired) electrons. The molecular formula is C9H13N3O4. The van der Waals surface area contributed by atoms with Crippen LogP contribution in [-0.2, 0) is 16.1 Å². The lowest BCUT2D eigenvalue weighted by Gasteiger charge is -2.09. The van der Waals surface area contributed by atoms with Crippen LogP contribution in [0.1, 0.15) is 0 Å². The molecule has 1 heterocycles. The highest BCUT2D eigenvalue weighted by Gasteiger charge is 2.07. The zero-order valence-electron chi connectivity index (χ0n) is 9.08. The Balaban J connectivity index is 2.51. The Morgan fingerprint density at radius 1 is 1.56 bits per heavy atom. The maximum absolute atomic E-state index is 11.3. The molecule has 0 saturated heterocycles. The minimum absolute atomic E-state index is 0.101. The fourth-order valence-electron chi connectivity index (χ4n) is 0.931. The van der Waals surface area contributed by atoms with Gasteiger partial charge in [0, 0.05) is 14.1 Å². The van der Waals surface area contributed by atoms with Gasteiger partial charge in [0.15, 0.2) is 12.4 Å². The number of nitrogens with zero attached hydrogens (tertiary/aromatic N) is 3. The lowest BCUT2D eigenvalue weighted by Crippen LogP contribution is -2.26. The third-order valence-electron chi connectivity index (χ3n) is 1.77. The number of ether oxygens (including phenoxy) is 1. The summed E-state index contributed by atoms with van der Waals surface area (Å²) in [5.41, 5.74) is 0. The van der Waals surface area contributed by atoms with Gasteiger partial charge in [-0.25, -0.2) is 4.79 Å². The molecule has 1 aromatic heterocycles. The van der Waals surface area contributed by atoms with Crippen molar-refractivity contribution < 1.29 is 19.4 Å². The molecule has 7 heteroatoms. The molecule has 0 saturated carbocycles. The monoisotopic (exact) mass is 227 g/mol. The number of carbonyl (C=O) groups is 2. The molecule has 88 valence electrons. The van der Waals surface area contributed by atoms with Crippen LogP contribution >= 0.6 is 0 Å². The fourth-order valence-corrected chi connectivity index (χ4v) is 0.931. The number of amides is 1. The van der Waals surface area contributed by atoms with Crippen molar-refractivity contribution in [2.24, 2.45) is 0 Å². The van der Waals surface area contributed by atoms with Crippen LogP contribution in [0.15, 0.2) is 12.4 Å². The third-order valence-corrected chi connectivity index (χ3v) is 1.77. The van der Waals surface area contributed by atoms with Gasteiger partial charge in [-0.2, -0.15) is 5.10 Å². The van der Waals surface area contributed by atoms with E-state index in [-0.39, 0.29) is 12.5 Å². The van der Waals surface area contributed by atoms with E-state index in [1.807, 2.05) is 0 Å². The maximum atomic E-state index is 11.3. The summed E-state index contributed by atoms with van der Waals surface area (Å²) in [6.45, 7) is -0.323. The van der Waals surface area contributed by atoms with E-state index in [4.69, 9.17) is 9.84 Å². The number of carboxylic acids is 1. The van der Waals surface area contributed by atoms with Gasteiger partial charge in [0.05, 0.1) is 12.4 Å². The molecule has 0 bridgehead atoms. The summed E-state index contributed by atoms with van der Waals surface area (Å²) >= 11 is 0. The number of aliphatic carboxylic acids is 1. The Morgan fingerprint density at radius 3 is 2.81 bits per heavy atom. The van der Waals surface area contributed by atoms with Gasteiger partial charge < -0.3 is 14.7 Å². The molecule has 0 unspecified atom stereocenters. The standard InChI is InChI=1S/C9H13N3O4/c1-11(2)8(13)5-12-4-7(3-10-12)16-6-9(14)15/h3-4H,5-6H2,1-2H3,(H,14,15). The summed E-state index contributed by atoms with van der Waals surface area (Å²) in [5.74, 6) is -0.834. The average molecular weight is 227 g/mol. The van der Waals surface area contributed by atoms with E-state index in [1.54, 1.807) is 14.1 Å². The Kier molecular flexibility index (Phi) is 3.87. The van der Waals surface area contributed by atoms with E-state index in [9.17, 15) is 9.59 Å². The molecule has 0 aliphatic heterocycles. The van der Waals surface area contributed by atoms with E-state index in [0.29, 0.717) is 5.75 Å². The van der Waals surface area contributed by atoms with Crippen LogP contribution < -0.4 is 4.74 Å². The van der Waals surface area contributed by atoms with E-state index in [1.165, 1.54) is 22.0 Å². The lowest BCUT2D eigenvalue weighted by atomic mass is 10.5. The van der Waals surface area contributed by atoms with Crippen molar-refractivity contribution in [3.8, 4) is 5.75 Å². The number of aromatic nitrogens is 2. The second-order valence-corrected chi connectivity index (χ2v) is 3.34. The van der Waals surface area contributed by atoms with Gasteiger partial charge in [-0.1, -0.05) is 0 Å². The van der Waals surface area contributed by atoms with Gasteiger partial charge in [0.25, 0.3) is 0 Å². The van der Waals surface area contributed by atoms with Crippen molar-refractivity contribution in [3.05, 3.63) is 12.4 Å². The molecule has 0 fully saturated rings. The largest absolute Gasteiger partial charge is 0.479 e.